The number of pyridine rings is 2. The molecule has 1 saturated heterocycles. The number of hydrogen-bond acceptors (Lipinski definition) is 4. The van der Waals surface area contributed by atoms with Gasteiger partial charge in [0.05, 0.1) is 5.54 Å². The van der Waals surface area contributed by atoms with Gasteiger partial charge in [0, 0.05) is 48.4 Å². The zero-order valence-electron chi connectivity index (χ0n) is 19.3. The normalized spacial score (nSPS) is 19.9. The molecule has 1 aliphatic heterocycles. The second kappa shape index (κ2) is 8.60. The third kappa shape index (κ3) is 3.68. The first-order valence-corrected chi connectivity index (χ1v) is 11.3. The standard InChI is InChI=1S/C27H31N3O3/c1-25(2,3)26(14-9-17-30(26)24(31)32)23(20-10-5-4-6-11-20)27(33,21-12-7-15-28-18-21)22-13-8-16-29-19-22/h4-8,10-13,15-16,18-19,23,33H,9,14,17H2,1-3H3,(H,31,32). The topological polar surface area (TPSA) is 86.6 Å². The van der Waals surface area contributed by atoms with Crippen LogP contribution in [0.1, 0.15) is 56.2 Å². The number of rotatable bonds is 5. The highest BCUT2D eigenvalue weighted by Gasteiger charge is 2.63. The summed E-state index contributed by atoms with van der Waals surface area (Å²) in [5.74, 6) is -0.613. The Kier molecular flexibility index (Phi) is 5.97. The summed E-state index contributed by atoms with van der Waals surface area (Å²) >= 11 is 0. The molecule has 0 spiro atoms. The lowest BCUT2D eigenvalue weighted by molar-refractivity contribution is -0.0671. The first kappa shape index (κ1) is 22.9. The minimum Gasteiger partial charge on any atom is -0.465 e. The van der Waals surface area contributed by atoms with E-state index in [9.17, 15) is 15.0 Å². The Morgan fingerprint density at radius 2 is 1.55 bits per heavy atom. The summed E-state index contributed by atoms with van der Waals surface area (Å²) in [7, 11) is 0. The van der Waals surface area contributed by atoms with Gasteiger partial charge >= 0.3 is 6.09 Å². The van der Waals surface area contributed by atoms with Crippen LogP contribution in [0.2, 0.25) is 0 Å². The molecule has 3 aromatic rings. The van der Waals surface area contributed by atoms with Crippen LogP contribution in [0, 0.1) is 5.41 Å². The number of hydrogen-bond donors (Lipinski definition) is 2. The average Bonchev–Trinajstić information content (AvgIpc) is 3.27. The van der Waals surface area contributed by atoms with Crippen molar-refractivity contribution in [1.29, 1.82) is 0 Å². The summed E-state index contributed by atoms with van der Waals surface area (Å²) in [6.07, 6.45) is 7.06. The Morgan fingerprint density at radius 3 is 2.00 bits per heavy atom. The second-order valence-corrected chi connectivity index (χ2v) is 9.81. The lowest BCUT2D eigenvalue weighted by atomic mass is 9.55. The van der Waals surface area contributed by atoms with E-state index in [-0.39, 0.29) is 0 Å². The number of carbonyl (C=O) groups is 1. The quantitative estimate of drug-likeness (QED) is 0.574. The zero-order valence-corrected chi connectivity index (χ0v) is 19.3. The van der Waals surface area contributed by atoms with E-state index in [1.807, 2.05) is 42.5 Å². The van der Waals surface area contributed by atoms with E-state index in [1.165, 1.54) is 0 Å². The highest BCUT2D eigenvalue weighted by atomic mass is 16.4. The molecular formula is C27H31N3O3. The Balaban J connectivity index is 2.12. The fraction of sp³-hybridized carbons (Fsp3) is 0.370. The van der Waals surface area contributed by atoms with Crippen LogP contribution in [0.25, 0.3) is 0 Å². The van der Waals surface area contributed by atoms with E-state index in [0.29, 0.717) is 24.1 Å². The average molecular weight is 446 g/mol. The molecule has 0 radical (unpaired) electrons. The molecule has 4 rings (SSSR count). The van der Waals surface area contributed by atoms with Crippen molar-refractivity contribution in [2.75, 3.05) is 6.54 Å². The minimum atomic E-state index is -1.57. The molecule has 33 heavy (non-hydrogen) atoms. The molecule has 0 aliphatic carbocycles. The maximum atomic E-state index is 12.9. The molecule has 6 heteroatoms. The van der Waals surface area contributed by atoms with Crippen LogP contribution in [0.4, 0.5) is 4.79 Å². The molecule has 2 atom stereocenters. The third-order valence-electron chi connectivity index (χ3n) is 7.18. The number of carboxylic acid groups (broad SMARTS) is 1. The number of aliphatic hydroxyl groups is 1. The molecule has 172 valence electrons. The minimum absolute atomic E-state index is 0.423. The molecule has 1 aromatic carbocycles. The smallest absolute Gasteiger partial charge is 0.407 e. The van der Waals surface area contributed by atoms with Gasteiger partial charge in [0.1, 0.15) is 5.60 Å². The lowest BCUT2D eigenvalue weighted by Crippen LogP contribution is -2.63. The van der Waals surface area contributed by atoms with Crippen molar-refractivity contribution in [3.05, 3.63) is 96.1 Å². The molecule has 0 saturated carbocycles. The van der Waals surface area contributed by atoms with Crippen molar-refractivity contribution >= 4 is 6.09 Å². The van der Waals surface area contributed by atoms with Crippen molar-refractivity contribution in [3.8, 4) is 0 Å². The predicted octanol–water partition coefficient (Wildman–Crippen LogP) is 5.06. The molecule has 2 unspecified atom stereocenters. The monoisotopic (exact) mass is 445 g/mol. The third-order valence-corrected chi connectivity index (χ3v) is 7.18. The molecule has 1 amide bonds. The number of aromatic nitrogens is 2. The largest absolute Gasteiger partial charge is 0.465 e. The van der Waals surface area contributed by atoms with Crippen LogP contribution in [-0.4, -0.2) is 43.3 Å². The van der Waals surface area contributed by atoms with Gasteiger partial charge in [-0.05, 0) is 36.0 Å². The van der Waals surface area contributed by atoms with Gasteiger partial charge in [-0.15, -0.1) is 0 Å². The molecule has 1 fully saturated rings. The Bertz CT molecular complexity index is 1040. The lowest BCUT2D eigenvalue weighted by Gasteiger charge is -2.56. The van der Waals surface area contributed by atoms with E-state index in [1.54, 1.807) is 41.8 Å². The first-order valence-electron chi connectivity index (χ1n) is 11.3. The summed E-state index contributed by atoms with van der Waals surface area (Å²) in [5.41, 5.74) is -0.868. The summed E-state index contributed by atoms with van der Waals surface area (Å²) < 4.78 is 0. The van der Waals surface area contributed by atoms with Crippen molar-refractivity contribution in [3.63, 3.8) is 0 Å². The number of nitrogens with zero attached hydrogens (tertiary/aromatic N) is 3. The molecule has 3 heterocycles. The van der Waals surface area contributed by atoms with Crippen LogP contribution >= 0.6 is 0 Å². The highest BCUT2D eigenvalue weighted by molar-refractivity contribution is 5.68. The van der Waals surface area contributed by atoms with Gasteiger partial charge in [0.2, 0.25) is 0 Å². The zero-order chi connectivity index (χ0) is 23.7. The van der Waals surface area contributed by atoms with Crippen LogP contribution in [0.5, 0.6) is 0 Å². The second-order valence-electron chi connectivity index (χ2n) is 9.81. The van der Waals surface area contributed by atoms with Crippen LogP contribution in [0.3, 0.4) is 0 Å². The van der Waals surface area contributed by atoms with Gasteiger partial charge in [-0.25, -0.2) is 4.79 Å². The van der Waals surface area contributed by atoms with Crippen LogP contribution in [0.15, 0.2) is 79.4 Å². The van der Waals surface area contributed by atoms with E-state index in [0.717, 1.165) is 12.0 Å². The fourth-order valence-corrected chi connectivity index (χ4v) is 5.80. The molecular weight excluding hydrogens is 414 g/mol. The fourth-order valence-electron chi connectivity index (χ4n) is 5.80. The van der Waals surface area contributed by atoms with Gasteiger partial charge in [0.15, 0.2) is 0 Å². The molecule has 2 N–H and O–H groups in total. The Hall–Kier alpha value is -3.25. The van der Waals surface area contributed by atoms with Crippen molar-refractivity contribution in [2.24, 2.45) is 5.41 Å². The maximum Gasteiger partial charge on any atom is 0.407 e. The van der Waals surface area contributed by atoms with Crippen molar-refractivity contribution in [2.45, 2.75) is 50.7 Å². The number of benzene rings is 1. The number of amides is 1. The molecule has 2 aromatic heterocycles. The van der Waals surface area contributed by atoms with Gasteiger partial charge in [-0.3, -0.25) is 9.97 Å². The van der Waals surface area contributed by atoms with Gasteiger partial charge < -0.3 is 15.1 Å². The van der Waals surface area contributed by atoms with E-state index < -0.39 is 28.6 Å². The predicted molar refractivity (Wildman–Crippen MR) is 127 cm³/mol. The van der Waals surface area contributed by atoms with E-state index in [4.69, 9.17) is 0 Å². The van der Waals surface area contributed by atoms with E-state index in [2.05, 4.69) is 30.7 Å². The summed E-state index contributed by atoms with van der Waals surface area (Å²) in [4.78, 5) is 22.8. The first-order chi connectivity index (χ1) is 15.7. The maximum absolute atomic E-state index is 12.9. The summed E-state index contributed by atoms with van der Waals surface area (Å²) in [6.45, 7) is 6.62. The van der Waals surface area contributed by atoms with Crippen molar-refractivity contribution < 1.29 is 15.0 Å². The number of likely N-dealkylation sites (tertiary alicyclic amines) is 1. The molecule has 0 bridgehead atoms. The van der Waals surface area contributed by atoms with Crippen molar-refractivity contribution in [1.82, 2.24) is 14.9 Å². The van der Waals surface area contributed by atoms with Gasteiger partial charge in [0.25, 0.3) is 0 Å². The van der Waals surface area contributed by atoms with Crippen LogP contribution in [-0.2, 0) is 5.60 Å². The Labute approximate surface area is 195 Å². The summed E-state index contributed by atoms with van der Waals surface area (Å²) in [6, 6.07) is 17.1. The molecule has 1 aliphatic rings. The van der Waals surface area contributed by atoms with Crippen LogP contribution < -0.4 is 0 Å². The Morgan fingerprint density at radius 1 is 0.970 bits per heavy atom. The highest BCUT2D eigenvalue weighted by Crippen LogP contribution is 2.59. The summed E-state index contributed by atoms with van der Waals surface area (Å²) in [5, 5.41) is 23.2. The van der Waals surface area contributed by atoms with E-state index >= 15 is 0 Å². The van der Waals surface area contributed by atoms with Gasteiger partial charge in [-0.2, -0.15) is 0 Å². The SMILES string of the molecule is CC(C)(C)C1(C(c2ccccc2)C(O)(c2cccnc2)c2cccnc2)CCCN1C(=O)O. The molecule has 6 nitrogen and oxygen atoms in total. The van der Waals surface area contributed by atoms with Gasteiger partial charge in [-0.1, -0.05) is 63.2 Å².